The van der Waals surface area contributed by atoms with E-state index in [0.29, 0.717) is 5.56 Å². The second-order valence-electron chi connectivity index (χ2n) is 4.96. The molecule has 0 aliphatic carbocycles. The van der Waals surface area contributed by atoms with Crippen molar-refractivity contribution in [1.29, 1.82) is 0 Å². The third kappa shape index (κ3) is 5.30. The van der Waals surface area contributed by atoms with Gasteiger partial charge in [-0.25, -0.2) is 9.59 Å². The van der Waals surface area contributed by atoms with Crippen molar-refractivity contribution in [3.8, 4) is 0 Å². The molecule has 19 heavy (non-hydrogen) atoms. The van der Waals surface area contributed by atoms with E-state index in [1.165, 1.54) is 6.07 Å². The Kier molecular flexibility index (Phi) is 4.94. The highest BCUT2D eigenvalue weighted by Gasteiger charge is 2.17. The molecule has 1 amide bonds. The van der Waals surface area contributed by atoms with Crippen molar-refractivity contribution in [3.63, 3.8) is 0 Å². The van der Waals surface area contributed by atoms with Crippen LogP contribution in [0.2, 0.25) is 0 Å². The number of carboxylic acids is 1. The minimum atomic E-state index is -1.03. The minimum absolute atomic E-state index is 0.0932. The third-order valence-electron chi connectivity index (χ3n) is 2.12. The summed E-state index contributed by atoms with van der Waals surface area (Å²) in [7, 11) is 0. The first-order chi connectivity index (χ1) is 8.69. The number of alkyl carbamates (subject to hydrolysis) is 1. The lowest BCUT2D eigenvalue weighted by molar-refractivity contribution is 0.0521. The van der Waals surface area contributed by atoms with Gasteiger partial charge in [-0.2, -0.15) is 0 Å². The molecule has 2 N–H and O–H groups in total. The van der Waals surface area contributed by atoms with Gasteiger partial charge in [0, 0.05) is 11.0 Å². The Morgan fingerprint density at radius 1 is 1.37 bits per heavy atom. The Bertz CT molecular complexity index is 494. The molecule has 0 fully saturated rings. The van der Waals surface area contributed by atoms with E-state index in [-0.39, 0.29) is 12.1 Å². The smallest absolute Gasteiger partial charge is 0.407 e. The van der Waals surface area contributed by atoms with Crippen LogP contribution in [0, 0.1) is 0 Å². The predicted octanol–water partition coefficient (Wildman–Crippen LogP) is 3.17. The van der Waals surface area contributed by atoms with Gasteiger partial charge >= 0.3 is 12.1 Å². The summed E-state index contributed by atoms with van der Waals surface area (Å²) in [6, 6.07) is 4.78. The van der Waals surface area contributed by atoms with Crippen LogP contribution in [0.1, 0.15) is 36.7 Å². The molecule has 0 radical (unpaired) electrons. The summed E-state index contributed by atoms with van der Waals surface area (Å²) < 4.78 is 5.83. The van der Waals surface area contributed by atoms with E-state index in [0.717, 1.165) is 4.47 Å². The van der Waals surface area contributed by atoms with Crippen molar-refractivity contribution >= 4 is 28.0 Å². The highest BCUT2D eigenvalue weighted by molar-refractivity contribution is 9.10. The highest BCUT2D eigenvalue weighted by atomic mass is 79.9. The molecule has 5 nitrogen and oxygen atoms in total. The molecule has 0 aliphatic heterocycles. The molecule has 1 rings (SSSR count). The molecule has 1 aromatic rings. The first kappa shape index (κ1) is 15.5. The summed E-state index contributed by atoms with van der Waals surface area (Å²) in [5, 5.41) is 11.6. The number of hydrogen-bond donors (Lipinski definition) is 2. The zero-order chi connectivity index (χ0) is 14.6. The molecule has 6 heteroatoms. The average molecular weight is 330 g/mol. The molecule has 0 aromatic heterocycles. The molecule has 0 bridgehead atoms. The Morgan fingerprint density at radius 3 is 2.53 bits per heavy atom. The maximum absolute atomic E-state index is 11.5. The summed E-state index contributed by atoms with van der Waals surface area (Å²) in [6.07, 6.45) is -0.580. The van der Waals surface area contributed by atoms with Gasteiger partial charge in [-0.3, -0.25) is 0 Å². The Morgan fingerprint density at radius 2 is 2.00 bits per heavy atom. The molecule has 0 unspecified atom stereocenters. The van der Waals surface area contributed by atoms with E-state index >= 15 is 0 Å². The topological polar surface area (TPSA) is 75.6 Å². The van der Waals surface area contributed by atoms with Crippen LogP contribution >= 0.6 is 15.9 Å². The molecule has 104 valence electrons. The van der Waals surface area contributed by atoms with Crippen LogP contribution in [-0.4, -0.2) is 22.8 Å². The lowest BCUT2D eigenvalue weighted by atomic mass is 10.1. The van der Waals surface area contributed by atoms with E-state index in [2.05, 4.69) is 21.2 Å². The van der Waals surface area contributed by atoms with Crippen molar-refractivity contribution in [3.05, 3.63) is 33.8 Å². The van der Waals surface area contributed by atoms with Gasteiger partial charge in [-0.1, -0.05) is 15.9 Å². The van der Waals surface area contributed by atoms with Crippen LogP contribution in [0.15, 0.2) is 22.7 Å². The van der Waals surface area contributed by atoms with E-state index < -0.39 is 17.7 Å². The van der Waals surface area contributed by atoms with Crippen molar-refractivity contribution in [1.82, 2.24) is 5.32 Å². The fraction of sp³-hybridized carbons (Fsp3) is 0.385. The van der Waals surface area contributed by atoms with Crippen LogP contribution in [0.3, 0.4) is 0 Å². The van der Waals surface area contributed by atoms with Crippen LogP contribution < -0.4 is 5.32 Å². The van der Waals surface area contributed by atoms with Crippen LogP contribution in [0.4, 0.5) is 4.79 Å². The van der Waals surface area contributed by atoms with Gasteiger partial charge in [0.1, 0.15) is 5.60 Å². The normalized spacial score (nSPS) is 10.9. The number of carbonyl (C=O) groups excluding carboxylic acids is 1. The summed E-state index contributed by atoms with van der Waals surface area (Å²) in [4.78, 5) is 22.6. The van der Waals surface area contributed by atoms with Gasteiger partial charge in [-0.15, -0.1) is 0 Å². The molecule has 0 atom stereocenters. The van der Waals surface area contributed by atoms with E-state index in [4.69, 9.17) is 9.84 Å². The maximum Gasteiger partial charge on any atom is 0.407 e. The Hall–Kier alpha value is -1.56. The van der Waals surface area contributed by atoms with Gasteiger partial charge in [-0.05, 0) is 44.5 Å². The van der Waals surface area contributed by atoms with Crippen molar-refractivity contribution in [2.45, 2.75) is 32.9 Å². The van der Waals surface area contributed by atoms with Gasteiger partial charge < -0.3 is 15.2 Å². The van der Waals surface area contributed by atoms with Crippen molar-refractivity contribution in [2.75, 3.05) is 0 Å². The lowest BCUT2D eigenvalue weighted by Gasteiger charge is -2.20. The lowest BCUT2D eigenvalue weighted by Crippen LogP contribution is -2.32. The number of hydrogen-bond acceptors (Lipinski definition) is 3. The van der Waals surface area contributed by atoms with Gasteiger partial charge in [0.25, 0.3) is 0 Å². The fourth-order valence-electron chi connectivity index (χ4n) is 1.40. The number of carbonyl (C=O) groups is 2. The zero-order valence-electron chi connectivity index (χ0n) is 11.0. The maximum atomic E-state index is 11.5. The molecule has 1 aromatic carbocycles. The number of nitrogens with one attached hydrogen (secondary N) is 1. The number of amides is 1. The molecular formula is C13H16BrNO4. The van der Waals surface area contributed by atoms with Gasteiger partial charge in [0.2, 0.25) is 0 Å². The molecule has 0 saturated carbocycles. The number of aromatic carboxylic acids is 1. The van der Waals surface area contributed by atoms with Gasteiger partial charge in [0.15, 0.2) is 0 Å². The molecule has 0 aliphatic rings. The summed E-state index contributed by atoms with van der Waals surface area (Å²) >= 11 is 3.26. The predicted molar refractivity (Wildman–Crippen MR) is 74.2 cm³/mol. The van der Waals surface area contributed by atoms with Crippen molar-refractivity contribution in [2.24, 2.45) is 0 Å². The van der Waals surface area contributed by atoms with Crippen molar-refractivity contribution < 1.29 is 19.4 Å². The van der Waals surface area contributed by atoms with Crippen LogP contribution in [0.25, 0.3) is 0 Å². The fourth-order valence-corrected chi connectivity index (χ4v) is 1.81. The number of rotatable bonds is 3. The monoisotopic (exact) mass is 329 g/mol. The largest absolute Gasteiger partial charge is 0.478 e. The van der Waals surface area contributed by atoms with E-state index in [9.17, 15) is 9.59 Å². The van der Waals surface area contributed by atoms with Gasteiger partial charge in [0.05, 0.1) is 5.56 Å². The van der Waals surface area contributed by atoms with E-state index in [1.807, 2.05) is 0 Å². The molecule has 0 heterocycles. The highest BCUT2D eigenvalue weighted by Crippen LogP contribution is 2.17. The Balaban J connectivity index is 2.75. The summed E-state index contributed by atoms with van der Waals surface area (Å²) in [5.74, 6) is -1.03. The first-order valence-electron chi connectivity index (χ1n) is 5.67. The SMILES string of the molecule is CC(C)(C)OC(=O)NCc1cc(Br)ccc1C(=O)O. The third-order valence-corrected chi connectivity index (χ3v) is 2.61. The average Bonchev–Trinajstić information content (AvgIpc) is 2.23. The molecular weight excluding hydrogens is 314 g/mol. The van der Waals surface area contributed by atoms with Crippen LogP contribution in [0.5, 0.6) is 0 Å². The Labute approximate surface area is 120 Å². The summed E-state index contributed by atoms with van der Waals surface area (Å²) in [6.45, 7) is 5.37. The standard InChI is InChI=1S/C13H16BrNO4/c1-13(2,3)19-12(18)15-7-8-6-9(14)4-5-10(8)11(16)17/h4-6H,7H2,1-3H3,(H,15,18)(H,16,17). The molecule has 0 saturated heterocycles. The minimum Gasteiger partial charge on any atom is -0.478 e. The first-order valence-corrected chi connectivity index (χ1v) is 6.47. The number of halogens is 1. The summed E-state index contributed by atoms with van der Waals surface area (Å²) in [5.41, 5.74) is 0.0729. The second kappa shape index (κ2) is 6.06. The quantitative estimate of drug-likeness (QED) is 0.893. The number of benzene rings is 1. The second-order valence-corrected chi connectivity index (χ2v) is 5.88. The molecule has 0 spiro atoms. The number of carboxylic acid groups (broad SMARTS) is 1. The number of ether oxygens (including phenoxy) is 1. The van der Waals surface area contributed by atoms with E-state index in [1.54, 1.807) is 32.9 Å². The van der Waals surface area contributed by atoms with Crippen LogP contribution in [-0.2, 0) is 11.3 Å². The zero-order valence-corrected chi connectivity index (χ0v) is 12.6.